The van der Waals surface area contributed by atoms with Gasteiger partial charge in [0.25, 0.3) is 0 Å². The largest absolute Gasteiger partial charge is 0.490 e. The smallest absolute Gasteiger partial charge is 0.333 e. The Balaban J connectivity index is 2.45. The second-order valence-electron chi connectivity index (χ2n) is 9.30. The van der Waals surface area contributed by atoms with Gasteiger partial charge in [-0.3, -0.25) is 0 Å². The minimum absolute atomic E-state index is 0.237. The third-order valence-electron chi connectivity index (χ3n) is 6.07. The highest BCUT2D eigenvalue weighted by atomic mass is 16.5. The van der Waals surface area contributed by atoms with Gasteiger partial charge < -0.3 is 9.47 Å². The van der Waals surface area contributed by atoms with Crippen molar-refractivity contribution in [3.8, 4) is 5.75 Å². The topological polar surface area (TPSA) is 35.5 Å². The van der Waals surface area contributed by atoms with Crippen molar-refractivity contribution in [2.75, 3.05) is 6.61 Å². The van der Waals surface area contributed by atoms with Crippen LogP contribution in [0, 0.1) is 5.92 Å². The number of benzene rings is 1. The summed E-state index contributed by atoms with van der Waals surface area (Å²) in [6.45, 7) is 11.0. The zero-order chi connectivity index (χ0) is 23.6. The van der Waals surface area contributed by atoms with E-state index in [0.29, 0.717) is 24.2 Å². The Kier molecular flexibility index (Phi) is 15.7. The summed E-state index contributed by atoms with van der Waals surface area (Å²) in [5, 5.41) is 0. The monoisotopic (exact) mass is 444 g/mol. The molecule has 0 N–H and O–H groups in total. The molecule has 3 heteroatoms. The van der Waals surface area contributed by atoms with Crippen LogP contribution < -0.4 is 4.74 Å². The summed E-state index contributed by atoms with van der Waals surface area (Å²) in [5.41, 5.74) is 1.62. The molecule has 0 saturated carbocycles. The molecule has 0 heterocycles. The molecular weight excluding hydrogens is 396 g/mol. The van der Waals surface area contributed by atoms with Gasteiger partial charge in [-0.2, -0.15) is 0 Å². The van der Waals surface area contributed by atoms with Crippen molar-refractivity contribution >= 4 is 12.0 Å². The Morgan fingerprint density at radius 1 is 0.875 bits per heavy atom. The molecule has 182 valence electrons. The summed E-state index contributed by atoms with van der Waals surface area (Å²) in [6.07, 6.45) is 17.3. The highest BCUT2D eigenvalue weighted by Gasteiger charge is 2.11. The number of ether oxygens (including phenoxy) is 2. The van der Waals surface area contributed by atoms with Crippen molar-refractivity contribution in [3.05, 3.63) is 35.4 Å². The van der Waals surface area contributed by atoms with Crippen LogP contribution in [-0.4, -0.2) is 18.7 Å². The van der Waals surface area contributed by atoms with Crippen molar-refractivity contribution < 1.29 is 14.3 Å². The number of esters is 1. The molecule has 1 aromatic carbocycles. The summed E-state index contributed by atoms with van der Waals surface area (Å²) in [5.74, 6) is 1.07. The molecule has 0 saturated heterocycles. The van der Waals surface area contributed by atoms with Crippen LogP contribution in [0.5, 0.6) is 5.75 Å². The number of carbonyl (C=O) groups is 1. The molecule has 3 nitrogen and oxygen atoms in total. The summed E-state index contributed by atoms with van der Waals surface area (Å²) in [6, 6.07) is 8.06. The maximum atomic E-state index is 12.1. The number of hydrogen-bond donors (Lipinski definition) is 0. The molecule has 1 unspecified atom stereocenters. The molecule has 0 bridgehead atoms. The van der Waals surface area contributed by atoms with E-state index in [4.69, 9.17) is 9.47 Å². The predicted molar refractivity (Wildman–Crippen MR) is 137 cm³/mol. The fraction of sp³-hybridized carbons (Fsp3) is 0.690. The van der Waals surface area contributed by atoms with Crippen LogP contribution in [0.2, 0.25) is 0 Å². The molecule has 0 aliphatic rings. The van der Waals surface area contributed by atoms with Crippen molar-refractivity contribution in [1.82, 2.24) is 0 Å². The van der Waals surface area contributed by atoms with Gasteiger partial charge in [-0.05, 0) is 55.9 Å². The molecule has 1 aromatic rings. The van der Waals surface area contributed by atoms with Crippen molar-refractivity contribution in [2.24, 2.45) is 5.92 Å². The standard InChI is InChI=1S/C29H48O3/c1-6-9-10-11-12-13-14-15-17-27(16-7-2)32-28-20-18-26(19-21-28)22-25(5)29(30)31-23-24(4)8-3/h18-22,24,27H,6-17,23H2,1-5H3/t24-,27?/m0/s1. The van der Waals surface area contributed by atoms with Crippen LogP contribution in [-0.2, 0) is 9.53 Å². The Morgan fingerprint density at radius 2 is 1.50 bits per heavy atom. The van der Waals surface area contributed by atoms with Gasteiger partial charge in [-0.25, -0.2) is 4.79 Å². The fourth-order valence-electron chi connectivity index (χ4n) is 3.68. The first-order chi connectivity index (χ1) is 15.5. The van der Waals surface area contributed by atoms with Crippen LogP contribution in [0.25, 0.3) is 6.08 Å². The van der Waals surface area contributed by atoms with Crippen molar-refractivity contribution in [1.29, 1.82) is 0 Å². The summed E-state index contributed by atoms with van der Waals surface area (Å²) in [4.78, 5) is 12.1. The third kappa shape index (κ3) is 12.9. The van der Waals surface area contributed by atoms with E-state index in [2.05, 4.69) is 27.7 Å². The zero-order valence-electron chi connectivity index (χ0n) is 21.5. The van der Waals surface area contributed by atoms with Crippen LogP contribution >= 0.6 is 0 Å². The number of hydrogen-bond acceptors (Lipinski definition) is 3. The highest BCUT2D eigenvalue weighted by Crippen LogP contribution is 2.21. The van der Waals surface area contributed by atoms with E-state index < -0.39 is 0 Å². The van der Waals surface area contributed by atoms with E-state index in [1.165, 1.54) is 51.4 Å². The van der Waals surface area contributed by atoms with Gasteiger partial charge in [0, 0.05) is 5.57 Å². The third-order valence-corrected chi connectivity index (χ3v) is 6.07. The minimum atomic E-state index is -0.237. The number of rotatable bonds is 18. The molecule has 0 aliphatic heterocycles. The summed E-state index contributed by atoms with van der Waals surface area (Å²) in [7, 11) is 0. The first-order valence-corrected chi connectivity index (χ1v) is 13.1. The van der Waals surface area contributed by atoms with E-state index in [1.54, 1.807) is 0 Å². The zero-order valence-corrected chi connectivity index (χ0v) is 21.5. The van der Waals surface area contributed by atoms with Crippen LogP contribution in [0.3, 0.4) is 0 Å². The summed E-state index contributed by atoms with van der Waals surface area (Å²) < 4.78 is 11.7. The van der Waals surface area contributed by atoms with Gasteiger partial charge in [-0.1, -0.05) is 97.6 Å². The lowest BCUT2D eigenvalue weighted by Crippen LogP contribution is -2.16. The molecule has 1 rings (SSSR count). The first kappa shape index (κ1) is 28.3. The Bertz CT molecular complexity index is 632. The normalized spacial score (nSPS) is 13.6. The van der Waals surface area contributed by atoms with Crippen LogP contribution in [0.15, 0.2) is 29.8 Å². The van der Waals surface area contributed by atoms with Crippen molar-refractivity contribution in [3.63, 3.8) is 0 Å². The Morgan fingerprint density at radius 3 is 2.09 bits per heavy atom. The van der Waals surface area contributed by atoms with Gasteiger partial charge in [0.1, 0.15) is 5.75 Å². The molecule has 0 radical (unpaired) electrons. The molecule has 0 spiro atoms. The molecule has 32 heavy (non-hydrogen) atoms. The van der Waals surface area contributed by atoms with Gasteiger partial charge in [-0.15, -0.1) is 0 Å². The van der Waals surface area contributed by atoms with Gasteiger partial charge in [0.2, 0.25) is 0 Å². The lowest BCUT2D eigenvalue weighted by Gasteiger charge is -2.19. The molecular formula is C29H48O3. The second kappa shape index (κ2) is 17.7. The van der Waals surface area contributed by atoms with Crippen LogP contribution in [0.1, 0.15) is 117 Å². The minimum Gasteiger partial charge on any atom is -0.490 e. The van der Waals surface area contributed by atoms with Gasteiger partial charge in [0.15, 0.2) is 0 Å². The lowest BCUT2D eigenvalue weighted by molar-refractivity contribution is -0.140. The molecule has 0 aromatic heterocycles. The Hall–Kier alpha value is -1.77. The maximum Gasteiger partial charge on any atom is 0.333 e. The van der Waals surface area contributed by atoms with E-state index in [9.17, 15) is 4.79 Å². The quantitative estimate of drug-likeness (QED) is 0.129. The van der Waals surface area contributed by atoms with E-state index in [1.807, 2.05) is 37.3 Å². The first-order valence-electron chi connectivity index (χ1n) is 13.1. The van der Waals surface area contributed by atoms with Crippen molar-refractivity contribution in [2.45, 2.75) is 118 Å². The van der Waals surface area contributed by atoms with Gasteiger partial charge in [0.05, 0.1) is 12.7 Å². The number of unbranched alkanes of at least 4 members (excludes halogenated alkanes) is 7. The average molecular weight is 445 g/mol. The molecule has 0 aliphatic carbocycles. The maximum absolute atomic E-state index is 12.1. The predicted octanol–water partition coefficient (Wildman–Crippen LogP) is 8.76. The number of carbonyl (C=O) groups excluding carboxylic acids is 1. The van der Waals surface area contributed by atoms with Crippen LogP contribution in [0.4, 0.5) is 0 Å². The molecule has 0 amide bonds. The highest BCUT2D eigenvalue weighted by molar-refractivity contribution is 5.93. The second-order valence-corrected chi connectivity index (χ2v) is 9.30. The summed E-state index contributed by atoms with van der Waals surface area (Å²) >= 11 is 0. The Labute approximate surface area is 198 Å². The fourth-order valence-corrected chi connectivity index (χ4v) is 3.68. The SMILES string of the molecule is CCCCCCCCCCC(CCC)Oc1ccc(C=C(C)C(=O)OC[C@@H](C)CC)cc1. The van der Waals surface area contributed by atoms with E-state index in [-0.39, 0.29) is 5.97 Å². The van der Waals surface area contributed by atoms with E-state index in [0.717, 1.165) is 37.0 Å². The molecule has 2 atom stereocenters. The molecule has 0 fully saturated rings. The lowest BCUT2D eigenvalue weighted by atomic mass is 10.0. The average Bonchev–Trinajstić information content (AvgIpc) is 2.80. The van der Waals surface area contributed by atoms with Gasteiger partial charge >= 0.3 is 5.97 Å². The van der Waals surface area contributed by atoms with E-state index >= 15 is 0 Å².